The Morgan fingerprint density at radius 3 is 2.33 bits per heavy atom. The second-order valence-corrected chi connectivity index (χ2v) is 3.34. The average molecular weight is 210 g/mol. The number of unbranched alkanes of at least 4 members (excludes halogenated alkanes) is 1. The number of hydrogen-bond donors (Lipinski definition) is 2. The van der Waals surface area contributed by atoms with Crippen molar-refractivity contribution in [3.05, 3.63) is 29.8 Å². The smallest absolute Gasteiger partial charge is 0.303 e. The van der Waals surface area contributed by atoms with Gasteiger partial charge in [0, 0.05) is 6.42 Å². The van der Waals surface area contributed by atoms with Gasteiger partial charge in [-0.3, -0.25) is 4.79 Å². The fraction of sp³-hybridized carbons (Fsp3) is 0.417. The van der Waals surface area contributed by atoms with Crippen molar-refractivity contribution in [2.75, 3.05) is 0 Å². The van der Waals surface area contributed by atoms with E-state index in [0.29, 0.717) is 12.2 Å². The van der Waals surface area contributed by atoms with Gasteiger partial charge in [0.25, 0.3) is 0 Å². The van der Waals surface area contributed by atoms with E-state index in [9.17, 15) is 4.79 Å². The Bertz CT molecular complexity index is 277. The van der Waals surface area contributed by atoms with Gasteiger partial charge in [0.15, 0.2) is 0 Å². The summed E-state index contributed by atoms with van der Waals surface area (Å²) in [5, 5.41) is 16.9. The van der Waals surface area contributed by atoms with Crippen LogP contribution in [0.1, 0.15) is 31.7 Å². The number of carbonyl (C=O) groups is 1. The maximum atomic E-state index is 9.76. The van der Waals surface area contributed by atoms with Gasteiger partial charge in [0.05, 0.1) is 0 Å². The van der Waals surface area contributed by atoms with Gasteiger partial charge in [0.1, 0.15) is 5.75 Å². The van der Waals surface area contributed by atoms with Crippen LogP contribution >= 0.6 is 0 Å². The molecule has 84 valence electrons. The first-order valence-electron chi connectivity index (χ1n) is 5.03. The molecule has 1 rings (SSSR count). The summed E-state index contributed by atoms with van der Waals surface area (Å²) in [7, 11) is 0. The molecule has 0 aromatic heterocycles. The molecule has 0 saturated heterocycles. The largest absolute Gasteiger partial charge is 0.508 e. The number of aryl methyl sites for hydroxylation is 1. The number of benzene rings is 1. The van der Waals surface area contributed by atoms with E-state index in [1.54, 1.807) is 12.1 Å². The first kappa shape index (κ1) is 13.5. The predicted molar refractivity (Wildman–Crippen MR) is 60.0 cm³/mol. The van der Waals surface area contributed by atoms with Crippen LogP contribution < -0.4 is 0 Å². The SMILES string of the molecule is CCCCC(=O)O.Cc1cccc(O)c1. The molecule has 0 radical (unpaired) electrons. The average Bonchev–Trinajstić information content (AvgIpc) is 2.15. The van der Waals surface area contributed by atoms with E-state index in [2.05, 4.69) is 0 Å². The highest BCUT2D eigenvalue weighted by Gasteiger charge is 1.90. The summed E-state index contributed by atoms with van der Waals surface area (Å²) in [4.78, 5) is 9.76. The lowest BCUT2D eigenvalue weighted by molar-refractivity contribution is -0.137. The molecule has 0 amide bonds. The lowest BCUT2D eigenvalue weighted by Crippen LogP contribution is -1.91. The minimum Gasteiger partial charge on any atom is -0.508 e. The van der Waals surface area contributed by atoms with Gasteiger partial charge in [-0.1, -0.05) is 25.5 Å². The highest BCUT2D eigenvalue weighted by Crippen LogP contribution is 2.08. The fourth-order valence-corrected chi connectivity index (χ4v) is 0.956. The number of carboxylic acids is 1. The van der Waals surface area contributed by atoms with E-state index in [0.717, 1.165) is 18.4 Å². The van der Waals surface area contributed by atoms with Crippen LogP contribution in [-0.2, 0) is 4.79 Å². The van der Waals surface area contributed by atoms with Gasteiger partial charge in [-0.15, -0.1) is 0 Å². The van der Waals surface area contributed by atoms with Crippen molar-refractivity contribution in [3.8, 4) is 5.75 Å². The zero-order valence-corrected chi connectivity index (χ0v) is 9.23. The first-order chi connectivity index (χ1) is 7.06. The molecule has 0 fully saturated rings. The van der Waals surface area contributed by atoms with Crippen molar-refractivity contribution in [1.82, 2.24) is 0 Å². The standard InChI is InChI=1S/C7H8O.C5H10O2/c1-6-3-2-4-7(8)5-6;1-2-3-4-5(6)7/h2-5,8H,1H3;2-4H2,1H3,(H,6,7). The molecule has 0 atom stereocenters. The Hall–Kier alpha value is -1.51. The summed E-state index contributed by atoms with van der Waals surface area (Å²) >= 11 is 0. The van der Waals surface area contributed by atoms with Crippen LogP contribution in [-0.4, -0.2) is 16.2 Å². The van der Waals surface area contributed by atoms with Crippen LogP contribution in [0.5, 0.6) is 5.75 Å². The number of aromatic hydroxyl groups is 1. The molecule has 0 aliphatic heterocycles. The second-order valence-electron chi connectivity index (χ2n) is 3.34. The molecule has 0 bridgehead atoms. The van der Waals surface area contributed by atoms with Gasteiger partial charge in [0.2, 0.25) is 0 Å². The van der Waals surface area contributed by atoms with Crippen molar-refractivity contribution >= 4 is 5.97 Å². The number of phenols is 1. The molecule has 0 aliphatic carbocycles. The third kappa shape index (κ3) is 8.81. The molecule has 15 heavy (non-hydrogen) atoms. The summed E-state index contributed by atoms with van der Waals surface area (Å²) in [6.45, 7) is 3.92. The lowest BCUT2D eigenvalue weighted by Gasteiger charge is -1.89. The molecule has 1 aromatic carbocycles. The van der Waals surface area contributed by atoms with Crippen LogP contribution in [0, 0.1) is 6.92 Å². The van der Waals surface area contributed by atoms with E-state index < -0.39 is 5.97 Å². The van der Waals surface area contributed by atoms with Crippen molar-refractivity contribution in [3.63, 3.8) is 0 Å². The zero-order chi connectivity index (χ0) is 11.7. The van der Waals surface area contributed by atoms with E-state index >= 15 is 0 Å². The normalized spacial score (nSPS) is 8.93. The minimum atomic E-state index is -0.693. The van der Waals surface area contributed by atoms with Crippen LogP contribution in [0.4, 0.5) is 0 Å². The van der Waals surface area contributed by atoms with Gasteiger partial charge >= 0.3 is 5.97 Å². The van der Waals surface area contributed by atoms with E-state index in [-0.39, 0.29) is 0 Å². The molecule has 0 aliphatic rings. The number of aliphatic carboxylic acids is 1. The lowest BCUT2D eigenvalue weighted by atomic mass is 10.2. The van der Waals surface area contributed by atoms with Crippen LogP contribution in [0.3, 0.4) is 0 Å². The molecule has 3 nitrogen and oxygen atoms in total. The minimum absolute atomic E-state index is 0.316. The fourth-order valence-electron chi connectivity index (χ4n) is 0.956. The molecule has 0 unspecified atom stereocenters. The van der Waals surface area contributed by atoms with Crippen LogP contribution in [0.2, 0.25) is 0 Å². The molecular weight excluding hydrogens is 192 g/mol. The van der Waals surface area contributed by atoms with Crippen molar-refractivity contribution < 1.29 is 15.0 Å². The summed E-state index contributed by atoms with van der Waals surface area (Å²) < 4.78 is 0. The van der Waals surface area contributed by atoms with Crippen LogP contribution in [0.25, 0.3) is 0 Å². The quantitative estimate of drug-likeness (QED) is 0.806. The summed E-state index contributed by atoms with van der Waals surface area (Å²) in [6, 6.07) is 7.15. The third-order valence-corrected chi connectivity index (χ3v) is 1.75. The zero-order valence-electron chi connectivity index (χ0n) is 9.23. The molecule has 2 N–H and O–H groups in total. The Morgan fingerprint density at radius 1 is 1.40 bits per heavy atom. The number of phenolic OH excluding ortho intramolecular Hbond substituents is 1. The van der Waals surface area contributed by atoms with Gasteiger partial charge in [-0.25, -0.2) is 0 Å². The molecule has 0 spiro atoms. The Kier molecular flexibility index (Phi) is 7.06. The monoisotopic (exact) mass is 210 g/mol. The first-order valence-corrected chi connectivity index (χ1v) is 5.03. The van der Waals surface area contributed by atoms with Crippen molar-refractivity contribution in [2.45, 2.75) is 33.1 Å². The van der Waals surface area contributed by atoms with E-state index in [1.807, 2.05) is 26.0 Å². The molecule has 0 saturated carbocycles. The van der Waals surface area contributed by atoms with Crippen LogP contribution in [0.15, 0.2) is 24.3 Å². The molecular formula is C12H18O3. The van der Waals surface area contributed by atoms with E-state index in [4.69, 9.17) is 10.2 Å². The van der Waals surface area contributed by atoms with Gasteiger partial charge < -0.3 is 10.2 Å². The molecule has 3 heteroatoms. The highest BCUT2D eigenvalue weighted by molar-refractivity contribution is 5.66. The highest BCUT2D eigenvalue weighted by atomic mass is 16.4. The maximum absolute atomic E-state index is 9.76. The van der Waals surface area contributed by atoms with E-state index in [1.165, 1.54) is 0 Å². The second kappa shape index (κ2) is 7.85. The Balaban J connectivity index is 0.000000265. The predicted octanol–water partition coefficient (Wildman–Crippen LogP) is 2.96. The van der Waals surface area contributed by atoms with Crippen molar-refractivity contribution in [1.29, 1.82) is 0 Å². The summed E-state index contributed by atoms with van der Waals surface area (Å²) in [6.07, 6.45) is 2.08. The number of rotatable bonds is 3. The summed E-state index contributed by atoms with van der Waals surface area (Å²) in [5.41, 5.74) is 1.09. The maximum Gasteiger partial charge on any atom is 0.303 e. The Labute approximate surface area is 90.4 Å². The topological polar surface area (TPSA) is 57.5 Å². The van der Waals surface area contributed by atoms with Crippen molar-refractivity contribution in [2.24, 2.45) is 0 Å². The van der Waals surface area contributed by atoms with Gasteiger partial charge in [-0.2, -0.15) is 0 Å². The number of hydrogen-bond acceptors (Lipinski definition) is 2. The molecule has 0 heterocycles. The van der Waals surface area contributed by atoms with Gasteiger partial charge in [-0.05, 0) is 31.0 Å². The summed E-state index contributed by atoms with van der Waals surface area (Å²) in [5.74, 6) is -0.355. The number of carboxylic acid groups (broad SMARTS) is 1. The third-order valence-electron chi connectivity index (χ3n) is 1.75. The molecule has 1 aromatic rings. The Morgan fingerprint density at radius 2 is 2.07 bits per heavy atom.